The molecule has 0 saturated carbocycles. The lowest BCUT2D eigenvalue weighted by Crippen LogP contribution is -2.36. The van der Waals surface area contributed by atoms with Crippen LogP contribution in [-0.2, 0) is 25.8 Å². The smallest absolute Gasteiger partial charge is 0.346 e. The molecule has 3 aromatic rings. The molecular formula is C25H29F3N2. The highest BCUT2D eigenvalue weighted by atomic mass is 19.4. The van der Waals surface area contributed by atoms with Crippen LogP contribution in [0.2, 0.25) is 0 Å². The zero-order chi connectivity index (χ0) is 21.7. The number of aromatic nitrogens is 1. The Labute approximate surface area is 177 Å². The number of nitrogens with zero attached hydrogens (tertiary/aromatic N) is 2. The van der Waals surface area contributed by atoms with Crippen LogP contribution in [0.3, 0.4) is 0 Å². The molecule has 0 aliphatic heterocycles. The third-order valence-electron chi connectivity index (χ3n) is 5.69. The maximum atomic E-state index is 12.8. The molecule has 1 aromatic heterocycles. The summed E-state index contributed by atoms with van der Waals surface area (Å²) in [5.41, 5.74) is 2.66. The maximum Gasteiger partial charge on any atom is 0.416 e. The molecule has 0 fully saturated rings. The molecule has 1 unspecified atom stereocenters. The molecule has 0 N–H and O–H groups in total. The van der Waals surface area contributed by atoms with Crippen molar-refractivity contribution < 1.29 is 13.2 Å². The third-order valence-corrected chi connectivity index (χ3v) is 5.69. The number of rotatable bonds is 8. The van der Waals surface area contributed by atoms with Crippen molar-refractivity contribution in [2.45, 2.75) is 52.6 Å². The Morgan fingerprint density at radius 1 is 0.800 bits per heavy atom. The molecule has 160 valence electrons. The predicted octanol–water partition coefficient (Wildman–Crippen LogP) is 6.60. The van der Waals surface area contributed by atoms with Gasteiger partial charge in [-0.15, -0.1) is 0 Å². The summed E-state index contributed by atoms with van der Waals surface area (Å²) in [6.45, 7) is 8.88. The fourth-order valence-corrected chi connectivity index (χ4v) is 3.53. The van der Waals surface area contributed by atoms with Crippen LogP contribution in [0.5, 0.6) is 0 Å². The summed E-state index contributed by atoms with van der Waals surface area (Å²) in [4.78, 5) is 2.46. The number of hydrogen-bond donors (Lipinski definition) is 0. The van der Waals surface area contributed by atoms with Crippen molar-refractivity contribution in [3.63, 3.8) is 0 Å². The molecule has 0 bridgehead atoms. The van der Waals surface area contributed by atoms with Crippen LogP contribution in [-0.4, -0.2) is 15.5 Å². The normalized spacial score (nSPS) is 13.2. The van der Waals surface area contributed by atoms with Gasteiger partial charge in [-0.05, 0) is 48.2 Å². The Kier molecular flexibility index (Phi) is 7.03. The number of alkyl halides is 3. The Balaban J connectivity index is 1.76. The van der Waals surface area contributed by atoms with Crippen molar-refractivity contribution in [3.05, 3.63) is 95.3 Å². The molecular weight excluding hydrogens is 385 g/mol. The summed E-state index contributed by atoms with van der Waals surface area (Å²) in [7, 11) is 0. The van der Waals surface area contributed by atoms with Gasteiger partial charge < -0.3 is 4.57 Å². The van der Waals surface area contributed by atoms with Crippen molar-refractivity contribution >= 4 is 0 Å². The Morgan fingerprint density at radius 2 is 1.47 bits per heavy atom. The summed E-state index contributed by atoms with van der Waals surface area (Å²) in [6, 6.07) is 20.3. The maximum absolute atomic E-state index is 12.8. The fourth-order valence-electron chi connectivity index (χ4n) is 3.53. The fraction of sp³-hybridized carbons (Fsp3) is 0.360. The second-order valence-corrected chi connectivity index (χ2v) is 8.20. The van der Waals surface area contributed by atoms with E-state index in [9.17, 15) is 13.2 Å². The number of hydrogen-bond acceptors (Lipinski definition) is 1. The summed E-state index contributed by atoms with van der Waals surface area (Å²) < 4.78 is 40.6. The summed E-state index contributed by atoms with van der Waals surface area (Å²) in [5, 5.41) is 0. The van der Waals surface area contributed by atoms with Gasteiger partial charge in [0.25, 0.3) is 0 Å². The van der Waals surface area contributed by atoms with Crippen LogP contribution < -0.4 is 0 Å². The van der Waals surface area contributed by atoms with Crippen molar-refractivity contribution in [3.8, 4) is 0 Å². The monoisotopic (exact) mass is 414 g/mol. The Hall–Kier alpha value is -2.53. The van der Waals surface area contributed by atoms with E-state index in [4.69, 9.17) is 0 Å². The van der Waals surface area contributed by atoms with Crippen molar-refractivity contribution in [2.75, 3.05) is 0 Å². The van der Waals surface area contributed by atoms with E-state index in [2.05, 4.69) is 60.6 Å². The van der Waals surface area contributed by atoms with Gasteiger partial charge in [-0.1, -0.05) is 56.3 Å². The first-order chi connectivity index (χ1) is 14.2. The quantitative estimate of drug-likeness (QED) is 0.403. The van der Waals surface area contributed by atoms with Gasteiger partial charge in [-0.25, -0.2) is 0 Å². The molecule has 0 amide bonds. The third kappa shape index (κ3) is 5.76. The zero-order valence-electron chi connectivity index (χ0n) is 17.7. The lowest BCUT2D eigenvalue weighted by atomic mass is 10.0. The van der Waals surface area contributed by atoms with E-state index in [1.54, 1.807) is 12.1 Å². The molecule has 1 heterocycles. The highest BCUT2D eigenvalue weighted by Gasteiger charge is 2.30. The molecule has 0 radical (unpaired) electrons. The van der Waals surface area contributed by atoms with E-state index >= 15 is 0 Å². The lowest BCUT2D eigenvalue weighted by Gasteiger charge is -2.32. The summed E-state index contributed by atoms with van der Waals surface area (Å²) in [5.74, 6) is 0.507. The average Bonchev–Trinajstić information content (AvgIpc) is 3.14. The van der Waals surface area contributed by atoms with Gasteiger partial charge in [-0.3, -0.25) is 4.90 Å². The van der Waals surface area contributed by atoms with Gasteiger partial charge >= 0.3 is 6.18 Å². The molecule has 2 nitrogen and oxygen atoms in total. The van der Waals surface area contributed by atoms with Gasteiger partial charge in [0.15, 0.2) is 0 Å². The minimum Gasteiger partial charge on any atom is -0.346 e. The second kappa shape index (κ2) is 9.52. The molecule has 3 rings (SSSR count). The first-order valence-electron chi connectivity index (χ1n) is 10.3. The highest BCUT2D eigenvalue weighted by molar-refractivity contribution is 5.25. The largest absolute Gasteiger partial charge is 0.416 e. The highest BCUT2D eigenvalue weighted by Crippen LogP contribution is 2.29. The van der Waals surface area contributed by atoms with Gasteiger partial charge in [-0.2, -0.15) is 13.2 Å². The average molecular weight is 415 g/mol. The Bertz CT molecular complexity index is 912. The number of benzene rings is 2. The Morgan fingerprint density at radius 3 is 2.07 bits per heavy atom. The van der Waals surface area contributed by atoms with E-state index in [1.165, 1.54) is 5.56 Å². The first-order valence-corrected chi connectivity index (χ1v) is 10.3. The molecule has 2 aromatic carbocycles. The summed E-state index contributed by atoms with van der Waals surface area (Å²) >= 11 is 0. The molecule has 1 atom stereocenters. The second-order valence-electron chi connectivity index (χ2n) is 8.20. The van der Waals surface area contributed by atoms with E-state index in [0.29, 0.717) is 18.5 Å². The molecule has 0 aliphatic carbocycles. The number of halogens is 3. The van der Waals surface area contributed by atoms with Crippen LogP contribution in [0.25, 0.3) is 0 Å². The molecule has 5 heteroatoms. The van der Waals surface area contributed by atoms with E-state index in [1.807, 2.05) is 18.3 Å². The lowest BCUT2D eigenvalue weighted by molar-refractivity contribution is -0.137. The zero-order valence-corrected chi connectivity index (χ0v) is 17.7. The van der Waals surface area contributed by atoms with Crippen LogP contribution in [0.4, 0.5) is 13.2 Å². The summed E-state index contributed by atoms with van der Waals surface area (Å²) in [6.07, 6.45) is -2.31. The van der Waals surface area contributed by atoms with Gasteiger partial charge in [0.05, 0.1) is 5.56 Å². The van der Waals surface area contributed by atoms with E-state index in [-0.39, 0.29) is 0 Å². The minimum absolute atomic E-state index is 0.389. The van der Waals surface area contributed by atoms with E-state index < -0.39 is 11.7 Å². The predicted molar refractivity (Wildman–Crippen MR) is 115 cm³/mol. The molecule has 0 spiro atoms. The van der Waals surface area contributed by atoms with E-state index in [0.717, 1.165) is 36.5 Å². The van der Waals surface area contributed by atoms with Crippen molar-refractivity contribution in [2.24, 2.45) is 5.92 Å². The first kappa shape index (κ1) is 22.2. The molecule has 30 heavy (non-hydrogen) atoms. The van der Waals surface area contributed by atoms with Gasteiger partial charge in [0.2, 0.25) is 0 Å². The topological polar surface area (TPSA) is 8.17 Å². The SMILES string of the molecule is CC(C)C(C)N(Cc1ccccc1)Cc1cccn1Cc1ccc(C(F)(F)F)cc1. The minimum atomic E-state index is -4.30. The molecule has 0 saturated heterocycles. The molecule has 0 aliphatic rings. The van der Waals surface area contributed by atoms with Gasteiger partial charge in [0, 0.05) is 37.6 Å². The van der Waals surface area contributed by atoms with Crippen molar-refractivity contribution in [1.82, 2.24) is 9.47 Å². The van der Waals surface area contributed by atoms with Gasteiger partial charge in [0.1, 0.15) is 0 Å². The van der Waals surface area contributed by atoms with Crippen LogP contribution in [0, 0.1) is 5.92 Å². The van der Waals surface area contributed by atoms with Crippen LogP contribution in [0.15, 0.2) is 72.9 Å². The van der Waals surface area contributed by atoms with Crippen LogP contribution in [0.1, 0.15) is 43.2 Å². The van der Waals surface area contributed by atoms with Crippen LogP contribution >= 0.6 is 0 Å². The standard InChI is InChI=1S/C25H29F3N2/c1-19(2)20(3)30(17-21-8-5-4-6-9-21)18-24-10-7-15-29(24)16-22-11-13-23(14-12-22)25(26,27)28/h4-15,19-20H,16-18H2,1-3H3. The van der Waals surface area contributed by atoms with Crippen molar-refractivity contribution in [1.29, 1.82) is 0 Å².